The van der Waals surface area contributed by atoms with Crippen molar-refractivity contribution in [3.8, 4) is 11.5 Å². The maximum atomic E-state index is 13.3. The molecule has 0 saturated carbocycles. The van der Waals surface area contributed by atoms with E-state index in [1.165, 1.54) is 12.1 Å². The summed E-state index contributed by atoms with van der Waals surface area (Å²) in [5, 5.41) is 8.57. The maximum absolute atomic E-state index is 13.3. The molecule has 1 aliphatic heterocycles. The average Bonchev–Trinajstić information content (AvgIpc) is 2.27. The summed E-state index contributed by atoms with van der Waals surface area (Å²) in [7, 11) is 0. The molecule has 1 aromatic carbocycles. The van der Waals surface area contributed by atoms with Crippen LogP contribution in [0, 0.1) is 0 Å². The van der Waals surface area contributed by atoms with Gasteiger partial charge in [0.2, 0.25) is 6.17 Å². The highest BCUT2D eigenvalue weighted by molar-refractivity contribution is 6.31. The van der Waals surface area contributed by atoms with Gasteiger partial charge in [-0.15, -0.1) is 0 Å². The van der Waals surface area contributed by atoms with E-state index in [0.717, 1.165) is 0 Å². The zero-order valence-electron chi connectivity index (χ0n) is 8.07. The number of ether oxygens (including phenoxy) is 2. The van der Waals surface area contributed by atoms with Gasteiger partial charge in [-0.25, -0.2) is 9.18 Å². The Kier molecular flexibility index (Phi) is 2.87. The van der Waals surface area contributed by atoms with Crippen molar-refractivity contribution in [3.63, 3.8) is 0 Å². The molecule has 16 heavy (non-hydrogen) atoms. The SMILES string of the molecule is O=C(O)C(F)c1cc2c(cc1Cl)OCCO2. The van der Waals surface area contributed by atoms with Gasteiger partial charge in [0.1, 0.15) is 13.2 Å². The van der Waals surface area contributed by atoms with Crippen molar-refractivity contribution in [1.82, 2.24) is 0 Å². The second kappa shape index (κ2) is 4.17. The van der Waals surface area contributed by atoms with E-state index < -0.39 is 12.1 Å². The highest BCUT2D eigenvalue weighted by Gasteiger charge is 2.25. The van der Waals surface area contributed by atoms with Crippen molar-refractivity contribution in [2.45, 2.75) is 6.17 Å². The first-order valence-corrected chi connectivity index (χ1v) is 4.93. The predicted octanol–water partition coefficient (Wildman–Crippen LogP) is 2.21. The summed E-state index contributed by atoms with van der Waals surface area (Å²) in [4.78, 5) is 10.5. The van der Waals surface area contributed by atoms with E-state index in [0.29, 0.717) is 24.7 Å². The molecule has 0 aromatic heterocycles. The molecule has 0 aliphatic carbocycles. The Bertz CT molecular complexity index is 435. The number of hydrogen-bond donors (Lipinski definition) is 1. The van der Waals surface area contributed by atoms with E-state index in [9.17, 15) is 9.18 Å². The van der Waals surface area contributed by atoms with E-state index in [1.54, 1.807) is 0 Å². The van der Waals surface area contributed by atoms with Gasteiger partial charge in [-0.2, -0.15) is 0 Å². The third-order valence-electron chi connectivity index (χ3n) is 2.15. The van der Waals surface area contributed by atoms with Crippen LogP contribution in [-0.4, -0.2) is 24.3 Å². The molecule has 0 saturated heterocycles. The van der Waals surface area contributed by atoms with Gasteiger partial charge in [0.25, 0.3) is 0 Å². The second-order valence-corrected chi connectivity index (χ2v) is 3.63. The van der Waals surface area contributed by atoms with Crippen molar-refractivity contribution >= 4 is 17.6 Å². The van der Waals surface area contributed by atoms with Gasteiger partial charge in [0.15, 0.2) is 11.5 Å². The van der Waals surface area contributed by atoms with Gasteiger partial charge in [0.05, 0.1) is 5.02 Å². The van der Waals surface area contributed by atoms with Gasteiger partial charge >= 0.3 is 5.97 Å². The first kappa shape index (κ1) is 11.0. The number of benzene rings is 1. The molecule has 0 amide bonds. The molecule has 1 N–H and O–H groups in total. The Morgan fingerprint density at radius 3 is 2.50 bits per heavy atom. The van der Waals surface area contributed by atoms with E-state index in [-0.39, 0.29) is 10.6 Å². The third kappa shape index (κ3) is 1.90. The number of fused-ring (bicyclic) bond motifs is 1. The van der Waals surface area contributed by atoms with Crippen LogP contribution in [0.15, 0.2) is 12.1 Å². The van der Waals surface area contributed by atoms with Crippen LogP contribution in [-0.2, 0) is 4.79 Å². The van der Waals surface area contributed by atoms with E-state index in [4.69, 9.17) is 26.2 Å². The van der Waals surface area contributed by atoms with Crippen LogP contribution < -0.4 is 9.47 Å². The Morgan fingerprint density at radius 1 is 1.38 bits per heavy atom. The van der Waals surface area contributed by atoms with Crippen molar-refractivity contribution in [3.05, 3.63) is 22.7 Å². The molecule has 1 aliphatic rings. The number of carboxylic acids is 1. The van der Waals surface area contributed by atoms with Gasteiger partial charge < -0.3 is 14.6 Å². The zero-order chi connectivity index (χ0) is 11.7. The highest BCUT2D eigenvalue weighted by Crippen LogP contribution is 2.38. The number of alkyl halides is 1. The summed E-state index contributed by atoms with van der Waals surface area (Å²) in [6.07, 6.45) is -2.16. The smallest absolute Gasteiger partial charge is 0.343 e. The molecule has 1 atom stereocenters. The summed E-state index contributed by atoms with van der Waals surface area (Å²) in [6.45, 7) is 0.735. The molecule has 86 valence electrons. The zero-order valence-corrected chi connectivity index (χ0v) is 8.83. The number of aliphatic carboxylic acids is 1. The van der Waals surface area contributed by atoms with E-state index in [2.05, 4.69) is 0 Å². The lowest BCUT2D eigenvalue weighted by Gasteiger charge is -2.20. The Hall–Kier alpha value is -1.49. The fraction of sp³-hybridized carbons (Fsp3) is 0.300. The molecule has 1 aromatic rings. The molecule has 0 fully saturated rings. The fourth-order valence-corrected chi connectivity index (χ4v) is 1.66. The van der Waals surface area contributed by atoms with E-state index in [1.807, 2.05) is 0 Å². The number of halogens is 2. The van der Waals surface area contributed by atoms with Crippen molar-refractivity contribution < 1.29 is 23.8 Å². The van der Waals surface area contributed by atoms with Crippen molar-refractivity contribution in [2.24, 2.45) is 0 Å². The minimum absolute atomic E-state index is 0.0131. The lowest BCUT2D eigenvalue weighted by molar-refractivity contribution is -0.143. The summed E-state index contributed by atoms with van der Waals surface area (Å²) in [5.41, 5.74) is -0.126. The number of carboxylic acid groups (broad SMARTS) is 1. The maximum Gasteiger partial charge on any atom is 0.343 e. The molecule has 0 bridgehead atoms. The standard InChI is InChI=1S/C10H8ClFO4/c11-6-4-8-7(15-1-2-16-8)3-5(6)9(12)10(13)14/h3-4,9H,1-2H2,(H,13,14). The summed E-state index contributed by atoms with van der Waals surface area (Å²) in [5.74, 6) is -0.870. The fourth-order valence-electron chi connectivity index (χ4n) is 1.41. The number of hydrogen-bond acceptors (Lipinski definition) is 3. The summed E-state index contributed by atoms with van der Waals surface area (Å²) < 4.78 is 23.7. The van der Waals surface area contributed by atoms with Crippen LogP contribution in [0.5, 0.6) is 11.5 Å². The van der Waals surface area contributed by atoms with Crippen molar-refractivity contribution in [2.75, 3.05) is 13.2 Å². The third-order valence-corrected chi connectivity index (χ3v) is 2.48. The van der Waals surface area contributed by atoms with Crippen molar-refractivity contribution in [1.29, 1.82) is 0 Å². The predicted molar refractivity (Wildman–Crippen MR) is 53.9 cm³/mol. The first-order chi connectivity index (χ1) is 7.59. The summed E-state index contributed by atoms with van der Waals surface area (Å²) in [6, 6.07) is 2.62. The minimum atomic E-state index is -2.16. The van der Waals surface area contributed by atoms with Gasteiger partial charge in [-0.1, -0.05) is 11.6 Å². The van der Waals surface area contributed by atoms with Crippen LogP contribution in [0.25, 0.3) is 0 Å². The molecule has 0 spiro atoms. The highest BCUT2D eigenvalue weighted by atomic mass is 35.5. The topological polar surface area (TPSA) is 55.8 Å². The normalized spacial score (nSPS) is 15.6. The summed E-state index contributed by atoms with van der Waals surface area (Å²) >= 11 is 5.76. The monoisotopic (exact) mass is 246 g/mol. The Balaban J connectivity index is 2.43. The molecule has 4 nitrogen and oxygen atoms in total. The molecular formula is C10H8ClFO4. The molecule has 1 heterocycles. The average molecular weight is 247 g/mol. The van der Waals surface area contributed by atoms with Crippen LogP contribution in [0.3, 0.4) is 0 Å². The first-order valence-electron chi connectivity index (χ1n) is 4.55. The quantitative estimate of drug-likeness (QED) is 0.869. The van der Waals surface area contributed by atoms with Gasteiger partial charge in [-0.3, -0.25) is 0 Å². The number of carbonyl (C=O) groups is 1. The molecule has 2 rings (SSSR count). The Labute approximate surface area is 95.5 Å². The van der Waals surface area contributed by atoms with Gasteiger partial charge in [-0.05, 0) is 6.07 Å². The molecular weight excluding hydrogens is 239 g/mol. The van der Waals surface area contributed by atoms with E-state index >= 15 is 0 Å². The molecule has 1 unspecified atom stereocenters. The number of rotatable bonds is 2. The molecule has 0 radical (unpaired) electrons. The largest absolute Gasteiger partial charge is 0.486 e. The minimum Gasteiger partial charge on any atom is -0.486 e. The van der Waals surface area contributed by atoms with Crippen LogP contribution in [0.4, 0.5) is 4.39 Å². The molecule has 6 heteroatoms. The lowest BCUT2D eigenvalue weighted by Crippen LogP contribution is -2.16. The second-order valence-electron chi connectivity index (χ2n) is 3.22. The Morgan fingerprint density at radius 2 is 1.94 bits per heavy atom. The van der Waals surface area contributed by atoms with Gasteiger partial charge in [0, 0.05) is 11.6 Å². The van der Waals surface area contributed by atoms with Crippen LogP contribution >= 0.6 is 11.6 Å². The lowest BCUT2D eigenvalue weighted by atomic mass is 10.1. The van der Waals surface area contributed by atoms with Crippen LogP contribution in [0.2, 0.25) is 5.02 Å². The van der Waals surface area contributed by atoms with Crippen LogP contribution in [0.1, 0.15) is 11.7 Å².